The van der Waals surface area contributed by atoms with Crippen molar-refractivity contribution in [2.45, 2.75) is 13.5 Å². The van der Waals surface area contributed by atoms with Crippen molar-refractivity contribution in [3.05, 3.63) is 73.8 Å². The maximum Gasteiger partial charge on any atom is 0.176 e. The van der Waals surface area contributed by atoms with Crippen LogP contribution in [0.15, 0.2) is 42.5 Å². The van der Waals surface area contributed by atoms with Crippen LogP contribution in [0.25, 0.3) is 0 Å². The number of anilines is 2. The summed E-state index contributed by atoms with van der Waals surface area (Å²) in [6, 6.07) is 12.4. The highest BCUT2D eigenvalue weighted by Crippen LogP contribution is 2.26. The lowest BCUT2D eigenvalue weighted by molar-refractivity contribution is 0.668. The zero-order chi connectivity index (χ0) is 19.6. The minimum absolute atomic E-state index is 0.355. The Bertz CT molecular complexity index is 1000. The van der Waals surface area contributed by atoms with Gasteiger partial charge in [-0.1, -0.05) is 52.5 Å². The van der Waals surface area contributed by atoms with Gasteiger partial charge >= 0.3 is 0 Å². The average Bonchev–Trinajstić information content (AvgIpc) is 2.92. The lowest BCUT2D eigenvalue weighted by atomic mass is 10.2. The second-order valence-electron chi connectivity index (χ2n) is 5.77. The Balaban J connectivity index is 1.70. The number of aryl methyl sites for hydroxylation is 1. The van der Waals surface area contributed by atoms with Crippen molar-refractivity contribution < 1.29 is 0 Å². The molecule has 1 aromatic heterocycles. The van der Waals surface area contributed by atoms with Crippen LogP contribution in [0.3, 0.4) is 0 Å². The molecule has 0 fully saturated rings. The summed E-state index contributed by atoms with van der Waals surface area (Å²) in [6.45, 7) is 2.47. The Hall–Kier alpha value is -1.50. The summed E-state index contributed by atoms with van der Waals surface area (Å²) >= 11 is 29.6. The topological polar surface area (TPSA) is 41.9 Å². The standard InChI is InChI=1S/C18H14Cl4N4S/c1-10-6-17(24-18(27)23-16-8-13(20)4-5-14(16)21)25-26(10)9-11-2-3-12(19)7-15(11)22/h2-8H,9H2,1H3,(H2,23,24,25,27). The molecule has 0 radical (unpaired) electrons. The maximum atomic E-state index is 6.25. The molecule has 0 amide bonds. The Morgan fingerprint density at radius 2 is 1.67 bits per heavy atom. The first-order valence-corrected chi connectivity index (χ1v) is 9.75. The van der Waals surface area contributed by atoms with Gasteiger partial charge in [0.15, 0.2) is 10.9 Å². The zero-order valence-electron chi connectivity index (χ0n) is 14.1. The highest BCUT2D eigenvalue weighted by molar-refractivity contribution is 7.80. The van der Waals surface area contributed by atoms with Gasteiger partial charge in [0.1, 0.15) is 0 Å². The van der Waals surface area contributed by atoms with E-state index in [1.54, 1.807) is 30.3 Å². The van der Waals surface area contributed by atoms with Gasteiger partial charge in [-0.2, -0.15) is 5.10 Å². The predicted molar refractivity (Wildman–Crippen MR) is 119 cm³/mol. The summed E-state index contributed by atoms with van der Waals surface area (Å²) in [4.78, 5) is 0. The van der Waals surface area contributed by atoms with Gasteiger partial charge in [0, 0.05) is 26.8 Å². The molecule has 1 heterocycles. The number of rotatable bonds is 4. The van der Waals surface area contributed by atoms with Gasteiger partial charge in [-0.25, -0.2) is 0 Å². The van der Waals surface area contributed by atoms with Crippen LogP contribution < -0.4 is 10.6 Å². The normalized spacial score (nSPS) is 10.7. The van der Waals surface area contributed by atoms with Crippen LogP contribution in [0.5, 0.6) is 0 Å². The minimum Gasteiger partial charge on any atom is -0.331 e. The van der Waals surface area contributed by atoms with Crippen molar-refractivity contribution in [1.82, 2.24) is 9.78 Å². The minimum atomic E-state index is 0.355. The number of hydrogen-bond acceptors (Lipinski definition) is 2. The van der Waals surface area contributed by atoms with Crippen LogP contribution in [0, 0.1) is 6.92 Å². The third-order valence-electron chi connectivity index (χ3n) is 3.73. The zero-order valence-corrected chi connectivity index (χ0v) is 17.9. The van der Waals surface area contributed by atoms with E-state index in [0.717, 1.165) is 11.3 Å². The first-order valence-electron chi connectivity index (χ1n) is 7.83. The molecule has 2 aromatic carbocycles. The predicted octanol–water partition coefficient (Wildman–Crippen LogP) is 6.66. The molecule has 0 spiro atoms. The fourth-order valence-electron chi connectivity index (χ4n) is 2.41. The van der Waals surface area contributed by atoms with Crippen molar-refractivity contribution in [1.29, 1.82) is 0 Å². The molecule has 3 rings (SSSR count). The summed E-state index contributed by atoms with van der Waals surface area (Å²) in [5.41, 5.74) is 2.49. The highest BCUT2D eigenvalue weighted by atomic mass is 35.5. The summed E-state index contributed by atoms with van der Waals surface area (Å²) in [5, 5.41) is 13.2. The molecule has 3 aromatic rings. The van der Waals surface area contributed by atoms with Gasteiger partial charge < -0.3 is 10.6 Å². The third kappa shape index (κ3) is 5.27. The molecule has 0 atom stereocenters. The molecular formula is C18H14Cl4N4S. The van der Waals surface area contributed by atoms with Crippen LogP contribution >= 0.6 is 58.6 Å². The summed E-state index contributed by atoms with van der Waals surface area (Å²) in [7, 11) is 0. The molecule has 0 aliphatic carbocycles. The van der Waals surface area contributed by atoms with Crippen molar-refractivity contribution in [2.75, 3.05) is 10.6 Å². The van der Waals surface area contributed by atoms with Gasteiger partial charge in [-0.3, -0.25) is 4.68 Å². The molecule has 0 aliphatic heterocycles. The number of nitrogens with one attached hydrogen (secondary N) is 2. The van der Waals surface area contributed by atoms with E-state index in [4.69, 9.17) is 58.6 Å². The highest BCUT2D eigenvalue weighted by Gasteiger charge is 2.10. The second kappa shape index (κ2) is 8.67. The molecule has 9 heteroatoms. The molecule has 0 saturated carbocycles. The maximum absolute atomic E-state index is 6.25. The van der Waals surface area contributed by atoms with Crippen LogP contribution in [0.2, 0.25) is 20.1 Å². The SMILES string of the molecule is Cc1cc(NC(=S)Nc2cc(Cl)ccc2Cl)nn1Cc1ccc(Cl)cc1Cl. The van der Waals surface area contributed by atoms with Crippen molar-refractivity contribution >= 4 is 75.2 Å². The van der Waals surface area contributed by atoms with E-state index in [0.29, 0.717) is 43.3 Å². The van der Waals surface area contributed by atoms with Gasteiger partial charge in [0.2, 0.25) is 0 Å². The van der Waals surface area contributed by atoms with E-state index in [1.807, 2.05) is 23.7 Å². The van der Waals surface area contributed by atoms with Crippen LogP contribution in [0.4, 0.5) is 11.5 Å². The van der Waals surface area contributed by atoms with E-state index >= 15 is 0 Å². The average molecular weight is 460 g/mol. The number of hydrogen-bond donors (Lipinski definition) is 2. The number of aromatic nitrogens is 2. The molecule has 0 aliphatic rings. The van der Waals surface area contributed by atoms with Gasteiger partial charge in [-0.05, 0) is 55.0 Å². The quantitative estimate of drug-likeness (QED) is 0.428. The first-order chi connectivity index (χ1) is 12.8. The fraction of sp³-hybridized carbons (Fsp3) is 0.111. The molecule has 0 bridgehead atoms. The molecule has 2 N–H and O–H groups in total. The van der Waals surface area contributed by atoms with E-state index < -0.39 is 0 Å². The van der Waals surface area contributed by atoms with Gasteiger partial charge in [-0.15, -0.1) is 0 Å². The molecule has 27 heavy (non-hydrogen) atoms. The largest absolute Gasteiger partial charge is 0.331 e. The van der Waals surface area contributed by atoms with E-state index in [-0.39, 0.29) is 0 Å². The van der Waals surface area contributed by atoms with Crippen molar-refractivity contribution in [3.8, 4) is 0 Å². The van der Waals surface area contributed by atoms with Crippen molar-refractivity contribution in [2.24, 2.45) is 0 Å². The lowest BCUT2D eigenvalue weighted by Gasteiger charge is -2.10. The number of thiocarbonyl (C=S) groups is 1. The Labute approximate surface area is 182 Å². The number of halogens is 4. The monoisotopic (exact) mass is 458 g/mol. The first kappa shape index (κ1) is 20.2. The Kier molecular flexibility index (Phi) is 6.50. The molecular weight excluding hydrogens is 446 g/mol. The van der Waals surface area contributed by atoms with Gasteiger partial charge in [0.05, 0.1) is 17.3 Å². The summed E-state index contributed by atoms with van der Waals surface area (Å²) in [5.74, 6) is 0.605. The van der Waals surface area contributed by atoms with E-state index in [2.05, 4.69) is 15.7 Å². The van der Waals surface area contributed by atoms with Crippen LogP contribution in [-0.4, -0.2) is 14.9 Å². The smallest absolute Gasteiger partial charge is 0.176 e. The van der Waals surface area contributed by atoms with Crippen LogP contribution in [0.1, 0.15) is 11.3 Å². The lowest BCUT2D eigenvalue weighted by Crippen LogP contribution is -2.19. The molecule has 4 nitrogen and oxygen atoms in total. The fourth-order valence-corrected chi connectivity index (χ4v) is 3.43. The van der Waals surface area contributed by atoms with E-state index in [1.165, 1.54) is 0 Å². The van der Waals surface area contributed by atoms with Crippen LogP contribution in [-0.2, 0) is 6.54 Å². The van der Waals surface area contributed by atoms with E-state index in [9.17, 15) is 0 Å². The van der Waals surface area contributed by atoms with Gasteiger partial charge in [0.25, 0.3) is 0 Å². The van der Waals surface area contributed by atoms with Crippen molar-refractivity contribution in [3.63, 3.8) is 0 Å². The Morgan fingerprint density at radius 3 is 2.41 bits per heavy atom. The number of nitrogens with zero attached hydrogens (tertiary/aromatic N) is 2. The summed E-state index contributed by atoms with van der Waals surface area (Å²) in [6.07, 6.45) is 0. The second-order valence-corrected chi connectivity index (χ2v) is 7.86. The molecule has 140 valence electrons. The molecule has 0 unspecified atom stereocenters. The molecule has 0 saturated heterocycles. The Morgan fingerprint density at radius 1 is 0.963 bits per heavy atom. The third-order valence-corrected chi connectivity index (χ3v) is 5.09. The summed E-state index contributed by atoms with van der Waals surface area (Å²) < 4.78 is 1.83. The number of benzene rings is 2.